The van der Waals surface area contributed by atoms with Gasteiger partial charge in [-0.2, -0.15) is 0 Å². The average molecular weight is 443 g/mol. The Labute approximate surface area is 184 Å². The van der Waals surface area contributed by atoms with Crippen LogP contribution in [0.5, 0.6) is 0 Å². The average Bonchev–Trinajstić information content (AvgIpc) is 2.79. The SMILES string of the molecule is CS(=O)(=O)c1ccc(N2CCCCC2)c(C(=O)N2CCN(c3ccc(N)cc3)CC2)c1. The van der Waals surface area contributed by atoms with Crippen molar-refractivity contribution >= 4 is 32.8 Å². The highest BCUT2D eigenvalue weighted by atomic mass is 32.2. The zero-order chi connectivity index (χ0) is 22.0. The first-order valence-electron chi connectivity index (χ1n) is 10.8. The summed E-state index contributed by atoms with van der Waals surface area (Å²) in [6, 6.07) is 12.7. The fourth-order valence-corrected chi connectivity index (χ4v) is 5.00. The molecule has 1 amide bonds. The van der Waals surface area contributed by atoms with E-state index in [2.05, 4.69) is 9.80 Å². The van der Waals surface area contributed by atoms with Crippen LogP contribution in [0.2, 0.25) is 0 Å². The molecule has 0 unspecified atom stereocenters. The number of anilines is 3. The Hall–Kier alpha value is -2.74. The monoisotopic (exact) mass is 442 g/mol. The van der Waals surface area contributed by atoms with Crippen LogP contribution < -0.4 is 15.5 Å². The van der Waals surface area contributed by atoms with E-state index in [1.807, 2.05) is 29.2 Å². The van der Waals surface area contributed by atoms with Crippen molar-refractivity contribution < 1.29 is 13.2 Å². The van der Waals surface area contributed by atoms with E-state index in [0.717, 1.165) is 56.1 Å². The van der Waals surface area contributed by atoms with Gasteiger partial charge in [0.25, 0.3) is 5.91 Å². The van der Waals surface area contributed by atoms with Crippen LogP contribution in [-0.4, -0.2) is 64.7 Å². The smallest absolute Gasteiger partial charge is 0.256 e. The number of piperidine rings is 1. The van der Waals surface area contributed by atoms with Crippen LogP contribution in [0.4, 0.5) is 17.1 Å². The number of sulfone groups is 1. The van der Waals surface area contributed by atoms with Gasteiger partial charge in [0.05, 0.1) is 10.5 Å². The van der Waals surface area contributed by atoms with Crippen LogP contribution in [0.25, 0.3) is 0 Å². The highest BCUT2D eigenvalue weighted by molar-refractivity contribution is 7.90. The molecular formula is C23H30N4O3S. The van der Waals surface area contributed by atoms with Crippen molar-refractivity contribution in [3.05, 3.63) is 48.0 Å². The van der Waals surface area contributed by atoms with Crippen molar-refractivity contribution in [2.24, 2.45) is 0 Å². The summed E-state index contributed by atoms with van der Waals surface area (Å²) >= 11 is 0. The summed E-state index contributed by atoms with van der Waals surface area (Å²) in [6.45, 7) is 4.41. The van der Waals surface area contributed by atoms with E-state index in [0.29, 0.717) is 18.7 Å². The molecule has 2 N–H and O–H groups in total. The van der Waals surface area contributed by atoms with Gasteiger partial charge in [-0.25, -0.2) is 8.42 Å². The van der Waals surface area contributed by atoms with Gasteiger partial charge in [0, 0.05) is 62.6 Å². The van der Waals surface area contributed by atoms with E-state index < -0.39 is 9.84 Å². The zero-order valence-corrected chi connectivity index (χ0v) is 18.8. The van der Waals surface area contributed by atoms with Crippen LogP contribution in [0.3, 0.4) is 0 Å². The normalized spacial score (nSPS) is 17.6. The maximum Gasteiger partial charge on any atom is 0.256 e. The molecule has 2 aliphatic rings. The quantitative estimate of drug-likeness (QED) is 0.733. The minimum Gasteiger partial charge on any atom is -0.399 e. The summed E-state index contributed by atoms with van der Waals surface area (Å²) in [5.74, 6) is -0.0944. The Bertz CT molecular complexity index is 1040. The number of piperazine rings is 1. The van der Waals surface area contributed by atoms with Gasteiger partial charge >= 0.3 is 0 Å². The van der Waals surface area contributed by atoms with Gasteiger partial charge < -0.3 is 20.4 Å². The molecule has 8 heteroatoms. The molecular weight excluding hydrogens is 412 g/mol. The summed E-state index contributed by atoms with van der Waals surface area (Å²) in [5, 5.41) is 0. The summed E-state index contributed by atoms with van der Waals surface area (Å²) in [7, 11) is -3.39. The Balaban J connectivity index is 1.56. The number of carbonyl (C=O) groups is 1. The fourth-order valence-electron chi connectivity index (χ4n) is 4.35. The number of nitrogens with two attached hydrogens (primary N) is 1. The highest BCUT2D eigenvalue weighted by Gasteiger charge is 2.27. The maximum atomic E-state index is 13.5. The second-order valence-corrected chi connectivity index (χ2v) is 10.4. The first-order chi connectivity index (χ1) is 14.8. The summed E-state index contributed by atoms with van der Waals surface area (Å²) in [4.78, 5) is 20.0. The molecule has 0 aliphatic carbocycles. The molecule has 0 aromatic heterocycles. The molecule has 0 radical (unpaired) electrons. The molecule has 0 bridgehead atoms. The minimum absolute atomic E-state index is 0.0944. The van der Waals surface area contributed by atoms with Crippen molar-refractivity contribution in [1.82, 2.24) is 4.90 Å². The van der Waals surface area contributed by atoms with Crippen molar-refractivity contribution in [2.75, 3.05) is 61.1 Å². The highest BCUT2D eigenvalue weighted by Crippen LogP contribution is 2.29. The third-order valence-electron chi connectivity index (χ3n) is 6.15. The van der Waals surface area contributed by atoms with Gasteiger partial charge in [-0.05, 0) is 61.7 Å². The van der Waals surface area contributed by atoms with Gasteiger partial charge in [0.15, 0.2) is 9.84 Å². The molecule has 2 aliphatic heterocycles. The first kappa shape index (κ1) is 21.5. The number of carbonyl (C=O) groups excluding carboxylic acids is 1. The van der Waals surface area contributed by atoms with Gasteiger partial charge in [-0.1, -0.05) is 0 Å². The van der Waals surface area contributed by atoms with Crippen molar-refractivity contribution in [1.29, 1.82) is 0 Å². The van der Waals surface area contributed by atoms with Crippen LogP contribution in [0, 0.1) is 0 Å². The zero-order valence-electron chi connectivity index (χ0n) is 18.0. The lowest BCUT2D eigenvalue weighted by atomic mass is 10.1. The van der Waals surface area contributed by atoms with E-state index in [9.17, 15) is 13.2 Å². The lowest BCUT2D eigenvalue weighted by Crippen LogP contribution is -2.49. The molecule has 166 valence electrons. The van der Waals surface area contributed by atoms with Gasteiger partial charge in [0.2, 0.25) is 0 Å². The topological polar surface area (TPSA) is 87.0 Å². The molecule has 31 heavy (non-hydrogen) atoms. The predicted molar refractivity (Wildman–Crippen MR) is 125 cm³/mol. The van der Waals surface area contributed by atoms with Gasteiger partial charge in [-0.3, -0.25) is 4.79 Å². The van der Waals surface area contributed by atoms with E-state index in [1.54, 1.807) is 18.2 Å². The molecule has 2 aromatic carbocycles. The van der Waals surface area contributed by atoms with Gasteiger partial charge in [0.1, 0.15) is 0 Å². The number of rotatable bonds is 4. The fraction of sp³-hybridized carbons (Fsp3) is 0.435. The number of hydrogen-bond acceptors (Lipinski definition) is 6. The lowest BCUT2D eigenvalue weighted by Gasteiger charge is -2.37. The molecule has 0 saturated carbocycles. The molecule has 0 spiro atoms. The van der Waals surface area contributed by atoms with Crippen molar-refractivity contribution in [3.63, 3.8) is 0 Å². The number of hydrogen-bond donors (Lipinski definition) is 1. The Kier molecular flexibility index (Phi) is 6.09. The largest absolute Gasteiger partial charge is 0.399 e. The molecule has 2 heterocycles. The Morgan fingerprint density at radius 1 is 0.839 bits per heavy atom. The third-order valence-corrected chi connectivity index (χ3v) is 7.26. The Morgan fingerprint density at radius 2 is 1.48 bits per heavy atom. The number of nitrogen functional groups attached to an aromatic ring is 1. The number of nitrogens with zero attached hydrogens (tertiary/aromatic N) is 3. The van der Waals surface area contributed by atoms with E-state index >= 15 is 0 Å². The second-order valence-electron chi connectivity index (χ2n) is 8.37. The molecule has 4 rings (SSSR count). The van der Waals surface area contributed by atoms with Crippen molar-refractivity contribution in [2.45, 2.75) is 24.2 Å². The molecule has 2 saturated heterocycles. The number of benzene rings is 2. The van der Waals surface area contributed by atoms with Crippen LogP contribution in [-0.2, 0) is 9.84 Å². The van der Waals surface area contributed by atoms with Crippen molar-refractivity contribution in [3.8, 4) is 0 Å². The lowest BCUT2D eigenvalue weighted by molar-refractivity contribution is 0.0747. The molecule has 2 fully saturated rings. The van der Waals surface area contributed by atoms with Gasteiger partial charge in [-0.15, -0.1) is 0 Å². The maximum absolute atomic E-state index is 13.5. The summed E-state index contributed by atoms with van der Waals surface area (Å²) < 4.78 is 24.3. The molecule has 0 atom stereocenters. The molecule has 7 nitrogen and oxygen atoms in total. The number of amides is 1. The standard InChI is InChI=1S/C23H30N4O3S/c1-31(29,30)20-9-10-22(26-11-3-2-4-12-26)21(17-20)23(28)27-15-13-25(14-16-27)19-7-5-18(24)6-8-19/h5-10,17H,2-4,11-16,24H2,1H3. The Morgan fingerprint density at radius 3 is 2.10 bits per heavy atom. The summed E-state index contributed by atoms with van der Waals surface area (Å²) in [6.07, 6.45) is 4.54. The van der Waals surface area contributed by atoms with Crippen LogP contribution >= 0.6 is 0 Å². The van der Waals surface area contributed by atoms with E-state index in [-0.39, 0.29) is 10.8 Å². The van der Waals surface area contributed by atoms with Crippen LogP contribution in [0.1, 0.15) is 29.6 Å². The summed E-state index contributed by atoms with van der Waals surface area (Å²) in [5.41, 5.74) is 8.94. The van der Waals surface area contributed by atoms with E-state index in [1.165, 1.54) is 12.7 Å². The third kappa shape index (κ3) is 4.79. The van der Waals surface area contributed by atoms with Crippen LogP contribution in [0.15, 0.2) is 47.4 Å². The predicted octanol–water partition coefficient (Wildman–Crippen LogP) is 2.63. The first-order valence-corrected chi connectivity index (χ1v) is 12.7. The minimum atomic E-state index is -3.39. The molecule has 2 aromatic rings. The van der Waals surface area contributed by atoms with E-state index in [4.69, 9.17) is 5.73 Å². The second kappa shape index (κ2) is 8.78.